The molecule has 4 rings (SSSR count). The van der Waals surface area contributed by atoms with Gasteiger partial charge in [0.1, 0.15) is 5.76 Å². The van der Waals surface area contributed by atoms with Crippen LogP contribution in [0, 0.1) is 0 Å². The molecule has 132 valence electrons. The smallest absolute Gasteiger partial charge is 0.295 e. The average Bonchev–Trinajstić information content (AvgIpc) is 3.02. The van der Waals surface area contributed by atoms with Gasteiger partial charge in [0.15, 0.2) is 0 Å². The van der Waals surface area contributed by atoms with Crippen molar-refractivity contribution in [3.63, 3.8) is 0 Å². The summed E-state index contributed by atoms with van der Waals surface area (Å²) in [5, 5.41) is 33.6. The maximum absolute atomic E-state index is 12.6. The molecule has 1 amide bonds. The predicted octanol–water partition coefficient (Wildman–Crippen LogP) is 0.237. The van der Waals surface area contributed by atoms with Gasteiger partial charge in [-0.25, -0.2) is 0 Å². The zero-order chi connectivity index (χ0) is 18.2. The number of ketones is 1. The highest BCUT2D eigenvalue weighted by molar-refractivity contribution is 6.46. The maximum atomic E-state index is 12.6. The number of nitrogens with zero attached hydrogens (tertiary/aromatic N) is 1. The zero-order valence-corrected chi connectivity index (χ0v) is 13.9. The van der Waals surface area contributed by atoms with Crippen molar-refractivity contribution in [3.05, 3.63) is 46.7 Å². The summed E-state index contributed by atoms with van der Waals surface area (Å²) in [6, 6.07) is 6.17. The zero-order valence-electron chi connectivity index (χ0n) is 13.9. The van der Waals surface area contributed by atoms with Crippen molar-refractivity contribution >= 4 is 11.7 Å². The third-order valence-electron chi connectivity index (χ3n) is 5.48. The highest BCUT2D eigenvalue weighted by Gasteiger charge is 2.84. The molecule has 0 radical (unpaired) electrons. The monoisotopic (exact) mass is 345 g/mol. The fourth-order valence-corrected chi connectivity index (χ4v) is 4.51. The normalized spacial score (nSPS) is 32.0. The molecule has 2 heterocycles. The second-order valence-corrected chi connectivity index (χ2v) is 6.74. The van der Waals surface area contributed by atoms with Gasteiger partial charge < -0.3 is 25.0 Å². The summed E-state index contributed by atoms with van der Waals surface area (Å²) in [6.45, 7) is 3.45. The van der Waals surface area contributed by atoms with Crippen molar-refractivity contribution in [2.75, 3.05) is 6.54 Å². The van der Waals surface area contributed by atoms with Gasteiger partial charge in [0.05, 0.1) is 5.57 Å². The Morgan fingerprint density at radius 1 is 1.12 bits per heavy atom. The van der Waals surface area contributed by atoms with E-state index in [1.165, 1.54) is 19.1 Å². The van der Waals surface area contributed by atoms with Crippen LogP contribution in [-0.2, 0) is 25.9 Å². The third kappa shape index (κ3) is 1.48. The first-order chi connectivity index (χ1) is 11.7. The van der Waals surface area contributed by atoms with E-state index in [-0.39, 0.29) is 29.0 Å². The van der Waals surface area contributed by atoms with Crippen molar-refractivity contribution in [1.29, 1.82) is 0 Å². The Kier molecular flexibility index (Phi) is 3.05. The predicted molar refractivity (Wildman–Crippen MR) is 84.6 cm³/mol. The Morgan fingerprint density at radius 2 is 1.76 bits per heavy atom. The topological polar surface area (TPSA) is 107 Å². The van der Waals surface area contributed by atoms with Gasteiger partial charge in [-0.1, -0.05) is 37.6 Å². The minimum absolute atomic E-state index is 0.0199. The van der Waals surface area contributed by atoms with Crippen LogP contribution in [0.15, 0.2) is 35.6 Å². The Morgan fingerprint density at radius 3 is 2.40 bits per heavy atom. The molecule has 3 N–H and O–H groups in total. The molecule has 0 unspecified atom stereocenters. The lowest BCUT2D eigenvalue weighted by molar-refractivity contribution is -0.315. The van der Waals surface area contributed by atoms with Gasteiger partial charge in [-0.2, -0.15) is 0 Å². The average molecular weight is 345 g/mol. The number of carbonyl (C=O) groups is 2. The molecule has 1 aromatic rings. The molecule has 1 aromatic carbocycles. The van der Waals surface area contributed by atoms with Crippen molar-refractivity contribution in [2.24, 2.45) is 0 Å². The molecular formula is C18H19NO6. The van der Waals surface area contributed by atoms with Crippen molar-refractivity contribution in [3.8, 4) is 0 Å². The summed E-state index contributed by atoms with van der Waals surface area (Å²) in [5.74, 6) is -6.60. The summed E-state index contributed by atoms with van der Waals surface area (Å²) in [4.78, 5) is 26.3. The van der Waals surface area contributed by atoms with E-state index in [0.717, 1.165) is 11.3 Å². The molecule has 2 aliphatic heterocycles. The number of benzene rings is 1. The second-order valence-electron chi connectivity index (χ2n) is 6.74. The Hall–Kier alpha value is -2.22. The lowest BCUT2D eigenvalue weighted by atomic mass is 9.79. The van der Waals surface area contributed by atoms with Crippen LogP contribution < -0.4 is 0 Å². The summed E-state index contributed by atoms with van der Waals surface area (Å²) >= 11 is 0. The van der Waals surface area contributed by atoms with E-state index in [1.54, 1.807) is 12.1 Å². The number of ether oxygens (including phenoxy) is 1. The molecule has 1 aliphatic carbocycles. The van der Waals surface area contributed by atoms with Gasteiger partial charge in [0.25, 0.3) is 17.5 Å². The minimum Gasteiger partial charge on any atom is -0.459 e. The van der Waals surface area contributed by atoms with E-state index in [0.29, 0.717) is 6.42 Å². The van der Waals surface area contributed by atoms with Crippen LogP contribution in [0.2, 0.25) is 0 Å². The van der Waals surface area contributed by atoms with Crippen LogP contribution in [-0.4, -0.2) is 44.0 Å². The molecule has 7 nitrogen and oxygen atoms in total. The van der Waals surface area contributed by atoms with Gasteiger partial charge in [-0.05, 0) is 13.3 Å². The quantitative estimate of drug-likeness (QED) is 0.535. The van der Waals surface area contributed by atoms with Gasteiger partial charge in [-0.15, -0.1) is 0 Å². The van der Waals surface area contributed by atoms with E-state index >= 15 is 0 Å². The Balaban J connectivity index is 2.07. The number of carbonyl (C=O) groups excluding carboxylic acids is 2. The molecule has 1 spiro atoms. The Bertz CT molecular complexity index is 844. The molecular weight excluding hydrogens is 326 g/mol. The minimum atomic E-state index is -2.67. The van der Waals surface area contributed by atoms with Crippen molar-refractivity contribution in [2.45, 2.75) is 43.8 Å². The van der Waals surface area contributed by atoms with E-state index in [2.05, 4.69) is 0 Å². The number of fused-ring (bicyclic) bond motifs is 2. The summed E-state index contributed by atoms with van der Waals surface area (Å²) in [7, 11) is 0. The van der Waals surface area contributed by atoms with Crippen molar-refractivity contribution < 1.29 is 29.6 Å². The van der Waals surface area contributed by atoms with E-state index in [9.17, 15) is 24.9 Å². The number of amides is 1. The number of likely N-dealkylation sites (tertiary alicyclic amines) is 1. The largest absolute Gasteiger partial charge is 0.459 e. The second kappa shape index (κ2) is 4.69. The highest BCUT2D eigenvalue weighted by atomic mass is 16.6. The molecule has 0 bridgehead atoms. The number of hydrogen-bond acceptors (Lipinski definition) is 6. The lowest BCUT2D eigenvalue weighted by Crippen LogP contribution is -2.66. The van der Waals surface area contributed by atoms with Gasteiger partial charge >= 0.3 is 0 Å². The molecule has 0 aromatic heterocycles. The van der Waals surface area contributed by atoms with Gasteiger partial charge in [-0.3, -0.25) is 9.59 Å². The number of Topliss-reactive ketones (excluding diaryl/α,β-unsaturated/α-hetero) is 1. The van der Waals surface area contributed by atoms with Crippen molar-refractivity contribution in [1.82, 2.24) is 4.90 Å². The molecule has 3 aliphatic rings. The van der Waals surface area contributed by atoms with Gasteiger partial charge in [0.2, 0.25) is 11.3 Å². The first kappa shape index (κ1) is 16.3. The number of rotatable bonds is 3. The maximum Gasteiger partial charge on any atom is 0.295 e. The fourth-order valence-electron chi connectivity index (χ4n) is 4.51. The standard InChI is InChI=1S/C18H19NO6/c1-3-4-9-19-15(21)14(20)13-10(2)25-18(24)12-8-6-5-7-11(12)17(22,23)16(13,18)19/h5-8,22-24H,3-4,9H2,1-2H3/t16-,18+/m1/s1. The number of aliphatic hydroxyl groups is 3. The highest BCUT2D eigenvalue weighted by Crippen LogP contribution is 2.66. The van der Waals surface area contributed by atoms with Crippen LogP contribution in [0.25, 0.3) is 0 Å². The van der Waals surface area contributed by atoms with Crippen LogP contribution in [0.4, 0.5) is 0 Å². The summed E-state index contributed by atoms with van der Waals surface area (Å²) < 4.78 is 5.62. The molecule has 1 saturated heterocycles. The van der Waals surface area contributed by atoms with Crippen LogP contribution >= 0.6 is 0 Å². The first-order valence-corrected chi connectivity index (χ1v) is 8.29. The number of unbranched alkanes of at least 4 members (excludes halogenated alkanes) is 1. The Labute approximate surface area is 144 Å². The number of hydrogen-bond donors (Lipinski definition) is 3. The SMILES string of the molecule is CCCCN1C(=O)C(=O)C2=C(C)O[C@@]3(O)c4ccccc4C(O)(O)[C@@]213. The summed E-state index contributed by atoms with van der Waals surface area (Å²) in [6.07, 6.45) is 1.26. The van der Waals surface area contributed by atoms with Gasteiger partial charge in [0, 0.05) is 17.7 Å². The lowest BCUT2D eigenvalue weighted by Gasteiger charge is -2.45. The van der Waals surface area contributed by atoms with E-state index < -0.39 is 28.8 Å². The molecule has 7 heteroatoms. The molecule has 1 fully saturated rings. The first-order valence-electron chi connectivity index (χ1n) is 8.29. The molecule has 0 saturated carbocycles. The summed E-state index contributed by atoms with van der Waals surface area (Å²) in [5.41, 5.74) is -2.13. The van der Waals surface area contributed by atoms with E-state index in [4.69, 9.17) is 4.74 Å². The van der Waals surface area contributed by atoms with Crippen LogP contribution in [0.5, 0.6) is 0 Å². The third-order valence-corrected chi connectivity index (χ3v) is 5.48. The molecule has 25 heavy (non-hydrogen) atoms. The fraction of sp³-hybridized carbons (Fsp3) is 0.444. The van der Waals surface area contributed by atoms with Crippen LogP contribution in [0.1, 0.15) is 37.8 Å². The number of allylic oxidation sites excluding steroid dienone is 1. The molecule has 2 atom stereocenters. The van der Waals surface area contributed by atoms with Crippen LogP contribution in [0.3, 0.4) is 0 Å². The van der Waals surface area contributed by atoms with E-state index in [1.807, 2.05) is 6.92 Å².